The Hall–Kier alpha value is -0.990. The molecular formula is C6H8N3. The van der Waals surface area contributed by atoms with E-state index < -0.39 is 0 Å². The number of nitrogens with zero attached hydrogens (tertiary/aromatic N) is 3. The third-order valence-corrected chi connectivity index (χ3v) is 0.993. The average molecular weight is 122 g/mol. The summed E-state index contributed by atoms with van der Waals surface area (Å²) in [6.45, 7) is 2.09. The van der Waals surface area contributed by atoms with Crippen LogP contribution in [0.2, 0.25) is 0 Å². The summed E-state index contributed by atoms with van der Waals surface area (Å²) >= 11 is 0. The first-order valence-corrected chi connectivity index (χ1v) is 2.98. The van der Waals surface area contributed by atoms with E-state index in [-0.39, 0.29) is 0 Å². The van der Waals surface area contributed by atoms with Gasteiger partial charge < -0.3 is 0 Å². The second kappa shape index (κ2) is 3.12. The molecule has 0 fully saturated rings. The molecule has 0 N–H and O–H groups in total. The zero-order valence-electron chi connectivity index (χ0n) is 5.33. The maximum Gasteiger partial charge on any atom is 0.0744 e. The lowest BCUT2D eigenvalue weighted by Crippen LogP contribution is -1.92. The fourth-order valence-electron chi connectivity index (χ4n) is 0.597. The first-order chi connectivity index (χ1) is 4.43. The molecule has 0 amide bonds. The number of hydrogen-bond acceptors (Lipinski definition) is 3. The molecule has 3 nitrogen and oxygen atoms in total. The standard InChI is InChI=1S/C6H8N3/c1-2-3-6-4-5-7-9-8-6/h5H,2-3H2,1H3. The van der Waals surface area contributed by atoms with Crippen LogP contribution in [0.5, 0.6) is 0 Å². The van der Waals surface area contributed by atoms with Gasteiger partial charge in [0, 0.05) is 6.07 Å². The highest BCUT2D eigenvalue weighted by molar-refractivity contribution is 4.91. The maximum absolute atomic E-state index is 3.75. The van der Waals surface area contributed by atoms with E-state index in [2.05, 4.69) is 28.4 Å². The summed E-state index contributed by atoms with van der Waals surface area (Å²) in [5.74, 6) is 0. The van der Waals surface area contributed by atoms with Crippen LogP contribution in [0.25, 0.3) is 0 Å². The first-order valence-electron chi connectivity index (χ1n) is 2.98. The maximum atomic E-state index is 3.75. The highest BCUT2D eigenvalue weighted by Gasteiger charge is 1.89. The molecule has 0 bridgehead atoms. The van der Waals surface area contributed by atoms with E-state index in [9.17, 15) is 0 Å². The Balaban J connectivity index is 2.61. The van der Waals surface area contributed by atoms with Crippen LogP contribution in [0, 0.1) is 6.07 Å². The molecular weight excluding hydrogens is 114 g/mol. The first kappa shape index (κ1) is 6.13. The molecule has 1 rings (SSSR count). The Morgan fingerprint density at radius 3 is 3.11 bits per heavy atom. The molecule has 1 aromatic heterocycles. The van der Waals surface area contributed by atoms with Gasteiger partial charge in [-0.15, -0.1) is 10.2 Å². The normalized spacial score (nSPS) is 9.44. The van der Waals surface area contributed by atoms with E-state index in [4.69, 9.17) is 0 Å². The molecule has 0 unspecified atom stereocenters. The van der Waals surface area contributed by atoms with Crippen LogP contribution >= 0.6 is 0 Å². The van der Waals surface area contributed by atoms with Crippen molar-refractivity contribution in [1.82, 2.24) is 15.4 Å². The number of aryl methyl sites for hydroxylation is 1. The molecule has 0 atom stereocenters. The van der Waals surface area contributed by atoms with Gasteiger partial charge in [-0.25, -0.2) is 0 Å². The Morgan fingerprint density at radius 1 is 1.67 bits per heavy atom. The van der Waals surface area contributed by atoms with Crippen molar-refractivity contribution in [3.8, 4) is 0 Å². The fourth-order valence-corrected chi connectivity index (χ4v) is 0.597. The molecule has 0 aliphatic heterocycles. The predicted molar refractivity (Wildman–Crippen MR) is 32.7 cm³/mol. The monoisotopic (exact) mass is 122 g/mol. The summed E-state index contributed by atoms with van der Waals surface area (Å²) < 4.78 is 0. The van der Waals surface area contributed by atoms with E-state index in [0.29, 0.717) is 0 Å². The Labute approximate surface area is 54.1 Å². The molecule has 0 saturated heterocycles. The third-order valence-electron chi connectivity index (χ3n) is 0.993. The zero-order chi connectivity index (χ0) is 6.53. The average Bonchev–Trinajstić information content (AvgIpc) is 1.91. The number of aromatic nitrogens is 3. The van der Waals surface area contributed by atoms with E-state index in [1.807, 2.05) is 0 Å². The van der Waals surface area contributed by atoms with Crippen LogP contribution in [0.4, 0.5) is 0 Å². The van der Waals surface area contributed by atoms with Crippen LogP contribution in [-0.2, 0) is 6.42 Å². The van der Waals surface area contributed by atoms with Gasteiger partial charge in [0.1, 0.15) is 0 Å². The highest BCUT2D eigenvalue weighted by Crippen LogP contribution is 1.91. The quantitative estimate of drug-likeness (QED) is 0.577. The topological polar surface area (TPSA) is 38.7 Å². The van der Waals surface area contributed by atoms with Crippen molar-refractivity contribution in [3.63, 3.8) is 0 Å². The lowest BCUT2D eigenvalue weighted by Gasteiger charge is -1.89. The van der Waals surface area contributed by atoms with Gasteiger partial charge in [-0.2, -0.15) is 0 Å². The Morgan fingerprint density at radius 2 is 2.56 bits per heavy atom. The fraction of sp³-hybridized carbons (Fsp3) is 0.500. The molecule has 1 heterocycles. The molecule has 0 aromatic carbocycles. The molecule has 3 heteroatoms. The lowest BCUT2D eigenvalue weighted by atomic mass is 10.2. The van der Waals surface area contributed by atoms with Gasteiger partial charge >= 0.3 is 0 Å². The molecule has 1 aromatic rings. The van der Waals surface area contributed by atoms with Crippen LogP contribution < -0.4 is 0 Å². The van der Waals surface area contributed by atoms with Crippen molar-refractivity contribution < 1.29 is 0 Å². The summed E-state index contributed by atoms with van der Waals surface area (Å²) in [6.07, 6.45) is 3.56. The smallest absolute Gasteiger partial charge is 0.0744 e. The molecule has 0 saturated carbocycles. The van der Waals surface area contributed by atoms with Crippen LogP contribution in [-0.4, -0.2) is 15.4 Å². The van der Waals surface area contributed by atoms with Crippen LogP contribution in [0.1, 0.15) is 19.0 Å². The van der Waals surface area contributed by atoms with Gasteiger partial charge in [0.15, 0.2) is 0 Å². The van der Waals surface area contributed by atoms with E-state index in [1.54, 1.807) is 0 Å². The predicted octanol–water partition coefficient (Wildman–Crippen LogP) is 0.624. The minimum atomic E-state index is 0.896. The van der Waals surface area contributed by atoms with Crippen molar-refractivity contribution in [1.29, 1.82) is 0 Å². The highest BCUT2D eigenvalue weighted by atomic mass is 15.3. The van der Waals surface area contributed by atoms with Crippen LogP contribution in [0.15, 0.2) is 6.20 Å². The summed E-state index contributed by atoms with van der Waals surface area (Å²) in [5, 5.41) is 10.7. The zero-order valence-corrected chi connectivity index (χ0v) is 5.33. The van der Waals surface area contributed by atoms with Crippen molar-refractivity contribution in [2.45, 2.75) is 19.8 Å². The Kier molecular flexibility index (Phi) is 2.13. The molecule has 0 aliphatic carbocycles. The van der Waals surface area contributed by atoms with Gasteiger partial charge in [0.05, 0.1) is 11.9 Å². The van der Waals surface area contributed by atoms with E-state index in [0.717, 1.165) is 18.5 Å². The van der Waals surface area contributed by atoms with Crippen molar-refractivity contribution in [2.75, 3.05) is 0 Å². The van der Waals surface area contributed by atoms with Crippen molar-refractivity contribution >= 4 is 0 Å². The second-order valence-electron chi connectivity index (χ2n) is 1.78. The number of rotatable bonds is 2. The SMILES string of the molecule is CCCc1[c]cnnn1. The third kappa shape index (κ3) is 1.76. The summed E-state index contributed by atoms with van der Waals surface area (Å²) in [5.41, 5.74) is 0.896. The largest absolute Gasteiger partial charge is 0.138 e. The minimum absolute atomic E-state index is 0.896. The second-order valence-corrected chi connectivity index (χ2v) is 1.78. The summed E-state index contributed by atoms with van der Waals surface area (Å²) in [4.78, 5) is 0. The van der Waals surface area contributed by atoms with Gasteiger partial charge in [-0.3, -0.25) is 0 Å². The molecule has 0 aliphatic rings. The van der Waals surface area contributed by atoms with Gasteiger partial charge in [0.25, 0.3) is 0 Å². The van der Waals surface area contributed by atoms with Crippen molar-refractivity contribution in [2.24, 2.45) is 0 Å². The van der Waals surface area contributed by atoms with Crippen molar-refractivity contribution in [3.05, 3.63) is 18.0 Å². The summed E-state index contributed by atoms with van der Waals surface area (Å²) in [7, 11) is 0. The minimum Gasteiger partial charge on any atom is -0.138 e. The van der Waals surface area contributed by atoms with Gasteiger partial charge in [-0.05, 0) is 11.6 Å². The Bertz CT molecular complexity index is 161. The summed E-state index contributed by atoms with van der Waals surface area (Å²) in [6, 6.07) is 2.88. The lowest BCUT2D eigenvalue weighted by molar-refractivity contribution is 0.776. The molecule has 9 heavy (non-hydrogen) atoms. The molecule has 47 valence electrons. The number of hydrogen-bond donors (Lipinski definition) is 0. The van der Waals surface area contributed by atoms with E-state index >= 15 is 0 Å². The molecule has 1 radical (unpaired) electrons. The van der Waals surface area contributed by atoms with Crippen LogP contribution in [0.3, 0.4) is 0 Å². The van der Waals surface area contributed by atoms with Gasteiger partial charge in [0.2, 0.25) is 0 Å². The molecule has 0 spiro atoms. The van der Waals surface area contributed by atoms with Gasteiger partial charge in [-0.1, -0.05) is 13.3 Å². The van der Waals surface area contributed by atoms with E-state index in [1.165, 1.54) is 6.20 Å².